The van der Waals surface area contributed by atoms with Gasteiger partial charge in [-0.05, 0) is 62.4 Å². The molecular weight excluding hydrogens is 408 g/mol. The third-order valence-electron chi connectivity index (χ3n) is 3.77. The molecule has 0 N–H and O–H groups in total. The van der Waals surface area contributed by atoms with Crippen molar-refractivity contribution < 1.29 is 9.47 Å². The molecule has 4 heteroatoms. The predicted octanol–water partition coefficient (Wildman–Crippen LogP) is 7.01. The minimum atomic E-state index is 0.758. The fraction of sp³-hybridized carbons (Fsp3) is 0.333. The first-order valence-corrected chi connectivity index (χ1v) is 9.23. The smallest absolute Gasteiger partial charge is 0.185 e. The molecule has 0 aromatic heterocycles. The summed E-state index contributed by atoms with van der Waals surface area (Å²) in [4.78, 5) is 0. The summed E-state index contributed by atoms with van der Waals surface area (Å²) in [5.74, 6) is 3.17. The maximum absolute atomic E-state index is 6.21. The number of para-hydroxylation sites is 2. The van der Waals surface area contributed by atoms with Crippen molar-refractivity contribution in [3.63, 3.8) is 0 Å². The lowest BCUT2D eigenvalue weighted by atomic mass is 9.97. The number of halogens is 2. The van der Waals surface area contributed by atoms with Gasteiger partial charge in [0.05, 0.1) is 4.47 Å². The van der Waals surface area contributed by atoms with Crippen LogP contribution in [0.5, 0.6) is 23.0 Å². The highest BCUT2D eigenvalue weighted by atomic mass is 79.9. The Labute approximate surface area is 148 Å². The Kier molecular flexibility index (Phi) is 4.79. The molecule has 1 heterocycles. The highest BCUT2D eigenvalue weighted by molar-refractivity contribution is 9.13. The highest BCUT2D eigenvalue weighted by Gasteiger charge is 2.28. The van der Waals surface area contributed by atoms with Crippen molar-refractivity contribution in [2.45, 2.75) is 39.5 Å². The third kappa shape index (κ3) is 2.67. The first-order valence-electron chi connectivity index (χ1n) is 7.64. The van der Waals surface area contributed by atoms with Crippen LogP contribution in [0.3, 0.4) is 0 Å². The molecule has 2 aromatic rings. The highest BCUT2D eigenvalue weighted by Crippen LogP contribution is 2.54. The molecule has 0 spiro atoms. The molecular formula is C18H18Br2O2. The van der Waals surface area contributed by atoms with Crippen LogP contribution in [0, 0.1) is 0 Å². The molecule has 0 aliphatic carbocycles. The summed E-state index contributed by atoms with van der Waals surface area (Å²) >= 11 is 7.41. The molecule has 116 valence electrons. The first-order chi connectivity index (χ1) is 10.7. The van der Waals surface area contributed by atoms with E-state index in [1.165, 1.54) is 11.1 Å². The number of hydrogen-bond donors (Lipinski definition) is 0. The van der Waals surface area contributed by atoms with Gasteiger partial charge in [-0.25, -0.2) is 0 Å². The number of hydrogen-bond acceptors (Lipinski definition) is 2. The van der Waals surface area contributed by atoms with Crippen molar-refractivity contribution in [3.8, 4) is 23.0 Å². The van der Waals surface area contributed by atoms with Gasteiger partial charge in [0, 0.05) is 10.0 Å². The van der Waals surface area contributed by atoms with E-state index in [0.29, 0.717) is 0 Å². The van der Waals surface area contributed by atoms with Gasteiger partial charge in [0.1, 0.15) is 0 Å². The van der Waals surface area contributed by atoms with Gasteiger partial charge in [-0.15, -0.1) is 0 Å². The Morgan fingerprint density at radius 2 is 1.32 bits per heavy atom. The summed E-state index contributed by atoms with van der Waals surface area (Å²) in [5, 5.41) is 0. The van der Waals surface area contributed by atoms with E-state index < -0.39 is 0 Å². The van der Waals surface area contributed by atoms with Gasteiger partial charge in [-0.1, -0.05) is 38.8 Å². The molecule has 0 fully saturated rings. The second kappa shape index (κ2) is 6.63. The van der Waals surface area contributed by atoms with Gasteiger partial charge in [0.2, 0.25) is 0 Å². The van der Waals surface area contributed by atoms with Crippen LogP contribution >= 0.6 is 31.9 Å². The number of benzene rings is 2. The Morgan fingerprint density at radius 3 is 1.91 bits per heavy atom. The van der Waals surface area contributed by atoms with E-state index in [0.717, 1.165) is 57.6 Å². The van der Waals surface area contributed by atoms with Gasteiger partial charge in [0.25, 0.3) is 0 Å². The van der Waals surface area contributed by atoms with Crippen LogP contribution in [-0.4, -0.2) is 0 Å². The number of ether oxygens (including phenoxy) is 2. The molecule has 22 heavy (non-hydrogen) atoms. The van der Waals surface area contributed by atoms with Gasteiger partial charge in [-0.2, -0.15) is 0 Å². The molecule has 3 rings (SSSR count). The standard InChI is InChI=1S/C18H18Br2O2/c1-3-7-11-12(8-4-2)17-18(16(20)15(11)19)22-14-10-6-5-9-13(14)21-17/h5-6,9-10H,3-4,7-8H2,1-2H3. The zero-order valence-corrected chi connectivity index (χ0v) is 15.9. The molecule has 0 saturated carbocycles. The summed E-state index contributed by atoms with van der Waals surface area (Å²) in [6, 6.07) is 7.80. The third-order valence-corrected chi connectivity index (χ3v) is 5.94. The molecule has 0 unspecified atom stereocenters. The monoisotopic (exact) mass is 424 g/mol. The first kappa shape index (κ1) is 15.9. The molecule has 2 nitrogen and oxygen atoms in total. The number of rotatable bonds is 4. The van der Waals surface area contributed by atoms with E-state index in [-0.39, 0.29) is 0 Å². The van der Waals surface area contributed by atoms with Gasteiger partial charge < -0.3 is 9.47 Å². The van der Waals surface area contributed by atoms with E-state index in [4.69, 9.17) is 9.47 Å². The van der Waals surface area contributed by atoms with Crippen LogP contribution in [-0.2, 0) is 12.8 Å². The van der Waals surface area contributed by atoms with E-state index in [1.54, 1.807) is 0 Å². The molecule has 0 amide bonds. The number of fused-ring (bicyclic) bond motifs is 2. The second-order valence-corrected chi connectivity index (χ2v) is 6.98. The minimum absolute atomic E-state index is 0.758. The maximum Gasteiger partial charge on any atom is 0.185 e. The predicted molar refractivity (Wildman–Crippen MR) is 96.4 cm³/mol. The summed E-state index contributed by atoms with van der Waals surface area (Å²) in [5.41, 5.74) is 2.57. The van der Waals surface area contributed by atoms with Crippen molar-refractivity contribution in [1.29, 1.82) is 0 Å². The fourth-order valence-electron chi connectivity index (χ4n) is 2.80. The molecule has 1 aliphatic rings. The maximum atomic E-state index is 6.21. The molecule has 0 bridgehead atoms. The summed E-state index contributed by atoms with van der Waals surface area (Å²) < 4.78 is 14.3. The zero-order chi connectivity index (χ0) is 15.7. The second-order valence-electron chi connectivity index (χ2n) is 5.39. The molecule has 0 radical (unpaired) electrons. The van der Waals surface area contributed by atoms with Gasteiger partial charge in [0.15, 0.2) is 23.0 Å². The zero-order valence-electron chi connectivity index (χ0n) is 12.7. The van der Waals surface area contributed by atoms with Crippen molar-refractivity contribution in [1.82, 2.24) is 0 Å². The van der Waals surface area contributed by atoms with Crippen LogP contribution in [0.25, 0.3) is 0 Å². The Hall–Kier alpha value is -1.00. The van der Waals surface area contributed by atoms with Crippen molar-refractivity contribution >= 4 is 31.9 Å². The minimum Gasteiger partial charge on any atom is -0.449 e. The summed E-state index contributed by atoms with van der Waals surface area (Å²) in [6.07, 6.45) is 4.17. The van der Waals surface area contributed by atoms with E-state index in [1.807, 2.05) is 24.3 Å². The van der Waals surface area contributed by atoms with Gasteiger partial charge >= 0.3 is 0 Å². The normalized spacial score (nSPS) is 12.2. The Bertz CT molecular complexity index is 711. The lowest BCUT2D eigenvalue weighted by molar-refractivity contribution is 0.353. The average molecular weight is 426 g/mol. The average Bonchev–Trinajstić information content (AvgIpc) is 2.54. The topological polar surface area (TPSA) is 18.5 Å². The van der Waals surface area contributed by atoms with Crippen LogP contribution in [0.4, 0.5) is 0 Å². The van der Waals surface area contributed by atoms with Crippen molar-refractivity contribution in [2.24, 2.45) is 0 Å². The van der Waals surface area contributed by atoms with Crippen LogP contribution in [0.2, 0.25) is 0 Å². The lowest BCUT2D eigenvalue weighted by Crippen LogP contribution is -2.07. The van der Waals surface area contributed by atoms with E-state index in [9.17, 15) is 0 Å². The van der Waals surface area contributed by atoms with E-state index >= 15 is 0 Å². The van der Waals surface area contributed by atoms with Gasteiger partial charge in [-0.3, -0.25) is 0 Å². The summed E-state index contributed by atoms with van der Waals surface area (Å²) in [7, 11) is 0. The summed E-state index contributed by atoms with van der Waals surface area (Å²) in [6.45, 7) is 4.39. The largest absolute Gasteiger partial charge is 0.449 e. The molecule has 2 aromatic carbocycles. The molecule has 0 atom stereocenters. The van der Waals surface area contributed by atoms with E-state index in [2.05, 4.69) is 45.7 Å². The molecule has 0 saturated heterocycles. The fourth-order valence-corrected chi connectivity index (χ4v) is 3.92. The van der Waals surface area contributed by atoms with Crippen LogP contribution < -0.4 is 9.47 Å². The molecule has 1 aliphatic heterocycles. The quantitative estimate of drug-likeness (QED) is 0.447. The lowest BCUT2D eigenvalue weighted by Gasteiger charge is -2.26. The van der Waals surface area contributed by atoms with Crippen molar-refractivity contribution in [2.75, 3.05) is 0 Å². The SMILES string of the molecule is CCCc1c(Br)c(Br)c2c(c1CCC)Oc1ccccc1O2. The van der Waals surface area contributed by atoms with Crippen LogP contribution in [0.1, 0.15) is 37.8 Å². The van der Waals surface area contributed by atoms with Crippen molar-refractivity contribution in [3.05, 3.63) is 44.3 Å². The Morgan fingerprint density at radius 1 is 0.773 bits per heavy atom. The Balaban J connectivity index is 2.20. The van der Waals surface area contributed by atoms with Crippen LogP contribution in [0.15, 0.2) is 33.2 Å².